The maximum atomic E-state index is 5.49. The highest BCUT2D eigenvalue weighted by molar-refractivity contribution is 5.75. The number of rotatable bonds is 3. The van der Waals surface area contributed by atoms with Crippen LogP contribution < -0.4 is 5.32 Å². The second-order valence-corrected chi connectivity index (χ2v) is 5.49. The van der Waals surface area contributed by atoms with Gasteiger partial charge in [-0.1, -0.05) is 13.3 Å². The zero-order chi connectivity index (χ0) is 11.0. The quantitative estimate of drug-likeness (QED) is 0.794. The SMILES string of the molecule is CCC[C@@H]1[C@H]2CC[C@H](C2)[C@@H]1NC1=NCCO1. The molecule has 3 heteroatoms. The van der Waals surface area contributed by atoms with Crippen LogP contribution in [0.2, 0.25) is 0 Å². The van der Waals surface area contributed by atoms with Crippen molar-refractivity contribution in [1.82, 2.24) is 5.32 Å². The van der Waals surface area contributed by atoms with E-state index in [2.05, 4.69) is 17.2 Å². The summed E-state index contributed by atoms with van der Waals surface area (Å²) in [6.45, 7) is 3.90. The summed E-state index contributed by atoms with van der Waals surface area (Å²) in [6.07, 6.45) is 6.98. The highest BCUT2D eigenvalue weighted by Crippen LogP contribution is 2.50. The molecule has 3 aliphatic rings. The van der Waals surface area contributed by atoms with Crippen molar-refractivity contribution in [2.24, 2.45) is 22.7 Å². The largest absolute Gasteiger partial charge is 0.463 e. The number of fused-ring (bicyclic) bond motifs is 2. The predicted octanol–water partition coefficient (Wildman–Crippen LogP) is 2.18. The van der Waals surface area contributed by atoms with Crippen molar-refractivity contribution in [2.75, 3.05) is 13.2 Å². The van der Waals surface area contributed by atoms with Gasteiger partial charge in [-0.25, -0.2) is 4.99 Å². The molecule has 1 heterocycles. The summed E-state index contributed by atoms with van der Waals surface area (Å²) in [6, 6.07) is 1.47. The van der Waals surface area contributed by atoms with E-state index in [1.165, 1.54) is 32.1 Å². The van der Waals surface area contributed by atoms with Crippen LogP contribution in [0.1, 0.15) is 39.0 Å². The molecular formula is C13H22N2O. The van der Waals surface area contributed by atoms with E-state index in [-0.39, 0.29) is 0 Å². The van der Waals surface area contributed by atoms with Crippen LogP contribution in [-0.4, -0.2) is 25.2 Å². The maximum absolute atomic E-state index is 5.49. The van der Waals surface area contributed by atoms with Gasteiger partial charge in [0.2, 0.25) is 0 Å². The first kappa shape index (κ1) is 10.4. The molecule has 1 N–H and O–H groups in total. The molecular weight excluding hydrogens is 200 g/mol. The first-order valence-corrected chi connectivity index (χ1v) is 6.82. The summed E-state index contributed by atoms with van der Waals surface area (Å²) < 4.78 is 5.49. The van der Waals surface area contributed by atoms with Crippen molar-refractivity contribution in [1.29, 1.82) is 0 Å². The van der Waals surface area contributed by atoms with Gasteiger partial charge >= 0.3 is 0 Å². The standard InChI is InChI=1S/C13H22N2O/c1-2-3-11-9-4-5-10(8-9)12(11)15-13-14-6-7-16-13/h9-12H,2-8H2,1H3,(H,14,15)/t9-,10+,11+,12-/m0/s1. The van der Waals surface area contributed by atoms with Gasteiger partial charge in [0.1, 0.15) is 6.61 Å². The van der Waals surface area contributed by atoms with Crippen molar-refractivity contribution in [3.63, 3.8) is 0 Å². The van der Waals surface area contributed by atoms with Crippen molar-refractivity contribution in [3.05, 3.63) is 0 Å². The average molecular weight is 222 g/mol. The molecule has 1 aliphatic heterocycles. The fourth-order valence-electron chi connectivity index (χ4n) is 3.95. The summed E-state index contributed by atoms with van der Waals surface area (Å²) in [5, 5.41) is 3.57. The highest BCUT2D eigenvalue weighted by atomic mass is 16.5. The van der Waals surface area contributed by atoms with E-state index in [1.54, 1.807) is 0 Å². The maximum Gasteiger partial charge on any atom is 0.285 e. The summed E-state index contributed by atoms with van der Waals surface area (Å²) in [5.74, 6) is 2.73. The van der Waals surface area contributed by atoms with Gasteiger partial charge in [-0.15, -0.1) is 0 Å². The third kappa shape index (κ3) is 1.70. The number of hydrogen-bond acceptors (Lipinski definition) is 3. The molecule has 16 heavy (non-hydrogen) atoms. The summed E-state index contributed by atoms with van der Waals surface area (Å²) >= 11 is 0. The molecule has 0 amide bonds. The van der Waals surface area contributed by atoms with Crippen molar-refractivity contribution < 1.29 is 4.74 Å². The van der Waals surface area contributed by atoms with Crippen LogP contribution in [0.3, 0.4) is 0 Å². The van der Waals surface area contributed by atoms with Crippen molar-refractivity contribution >= 4 is 6.02 Å². The van der Waals surface area contributed by atoms with Crippen LogP contribution in [-0.2, 0) is 4.74 Å². The minimum atomic E-state index is 0.649. The molecule has 2 bridgehead atoms. The van der Waals surface area contributed by atoms with E-state index in [9.17, 15) is 0 Å². The molecule has 90 valence electrons. The highest BCUT2D eigenvalue weighted by Gasteiger charge is 2.47. The molecule has 0 saturated heterocycles. The summed E-state index contributed by atoms with van der Waals surface area (Å²) in [5.41, 5.74) is 0. The number of ether oxygens (including phenoxy) is 1. The molecule has 2 saturated carbocycles. The van der Waals surface area contributed by atoms with Gasteiger partial charge in [0.25, 0.3) is 6.02 Å². The zero-order valence-electron chi connectivity index (χ0n) is 10.1. The second kappa shape index (κ2) is 4.27. The third-order valence-corrected chi connectivity index (χ3v) is 4.59. The van der Waals surface area contributed by atoms with E-state index in [0.29, 0.717) is 6.04 Å². The number of amidine groups is 1. The van der Waals surface area contributed by atoms with Gasteiger partial charge < -0.3 is 10.1 Å². The third-order valence-electron chi connectivity index (χ3n) is 4.59. The van der Waals surface area contributed by atoms with Crippen LogP contribution in [0.25, 0.3) is 0 Å². The fourth-order valence-corrected chi connectivity index (χ4v) is 3.95. The van der Waals surface area contributed by atoms with Gasteiger partial charge in [0, 0.05) is 6.04 Å². The Bertz CT molecular complexity index is 290. The van der Waals surface area contributed by atoms with Crippen LogP contribution >= 0.6 is 0 Å². The Balaban J connectivity index is 1.67. The van der Waals surface area contributed by atoms with Gasteiger partial charge in [0.15, 0.2) is 0 Å². The average Bonchev–Trinajstić information content (AvgIpc) is 2.98. The van der Waals surface area contributed by atoms with Crippen LogP contribution in [0, 0.1) is 17.8 Å². The van der Waals surface area contributed by atoms with Gasteiger partial charge in [-0.2, -0.15) is 0 Å². The second-order valence-electron chi connectivity index (χ2n) is 5.49. The Morgan fingerprint density at radius 3 is 3.00 bits per heavy atom. The lowest BCUT2D eigenvalue weighted by atomic mass is 9.82. The Labute approximate surface area is 97.7 Å². The molecule has 0 unspecified atom stereocenters. The molecule has 0 aromatic rings. The summed E-state index contributed by atoms with van der Waals surface area (Å²) in [4.78, 5) is 4.36. The molecule has 2 aliphatic carbocycles. The van der Waals surface area contributed by atoms with E-state index in [4.69, 9.17) is 4.74 Å². The van der Waals surface area contributed by atoms with Crippen molar-refractivity contribution in [2.45, 2.75) is 45.1 Å². The minimum absolute atomic E-state index is 0.649. The summed E-state index contributed by atoms with van der Waals surface area (Å²) in [7, 11) is 0. The van der Waals surface area contributed by atoms with Crippen LogP contribution in [0.5, 0.6) is 0 Å². The monoisotopic (exact) mass is 222 g/mol. The molecule has 3 nitrogen and oxygen atoms in total. The molecule has 0 aromatic heterocycles. The van der Waals surface area contributed by atoms with E-state index in [1.807, 2.05) is 0 Å². The predicted molar refractivity (Wildman–Crippen MR) is 64.4 cm³/mol. The van der Waals surface area contributed by atoms with E-state index in [0.717, 1.165) is 36.9 Å². The lowest BCUT2D eigenvalue weighted by Gasteiger charge is -2.31. The number of nitrogens with zero attached hydrogens (tertiary/aromatic N) is 1. The number of nitrogens with one attached hydrogen (secondary N) is 1. The van der Waals surface area contributed by atoms with Crippen LogP contribution in [0.4, 0.5) is 0 Å². The Morgan fingerprint density at radius 1 is 1.38 bits per heavy atom. The molecule has 0 radical (unpaired) electrons. The lowest BCUT2D eigenvalue weighted by Crippen LogP contribution is -2.44. The van der Waals surface area contributed by atoms with Gasteiger partial charge in [-0.3, -0.25) is 0 Å². The molecule has 2 fully saturated rings. The topological polar surface area (TPSA) is 33.6 Å². The van der Waals surface area contributed by atoms with Crippen LogP contribution in [0.15, 0.2) is 4.99 Å². The molecule has 3 rings (SSSR count). The molecule has 0 spiro atoms. The van der Waals surface area contributed by atoms with Gasteiger partial charge in [0.05, 0.1) is 6.54 Å². The Hall–Kier alpha value is -0.730. The van der Waals surface area contributed by atoms with Crippen molar-refractivity contribution in [3.8, 4) is 0 Å². The first-order valence-electron chi connectivity index (χ1n) is 6.82. The van der Waals surface area contributed by atoms with Gasteiger partial charge in [-0.05, 0) is 43.4 Å². The molecule has 4 atom stereocenters. The minimum Gasteiger partial charge on any atom is -0.463 e. The Kier molecular flexibility index (Phi) is 2.78. The van der Waals surface area contributed by atoms with E-state index < -0.39 is 0 Å². The first-order chi connectivity index (χ1) is 7.88. The smallest absolute Gasteiger partial charge is 0.285 e. The number of aliphatic imine (C=N–C) groups is 1. The lowest BCUT2D eigenvalue weighted by molar-refractivity contribution is 0.236. The number of hydrogen-bond donors (Lipinski definition) is 1. The molecule has 0 aromatic carbocycles. The normalized spacial score (nSPS) is 40.9. The fraction of sp³-hybridized carbons (Fsp3) is 0.923. The zero-order valence-corrected chi connectivity index (χ0v) is 10.1. The van der Waals surface area contributed by atoms with E-state index >= 15 is 0 Å². The Morgan fingerprint density at radius 2 is 2.25 bits per heavy atom.